The first kappa shape index (κ1) is 12.5. The fraction of sp³-hybridized carbons (Fsp3) is 0.500. The lowest BCUT2D eigenvalue weighted by Crippen LogP contribution is -2.53. The minimum Gasteiger partial charge on any atom is -0.588 e. The van der Waals surface area contributed by atoms with Crippen LogP contribution in [0.3, 0.4) is 0 Å². The van der Waals surface area contributed by atoms with Crippen molar-refractivity contribution >= 4 is 28.7 Å². The number of thioether (sulfide) groups is 1. The minimum absolute atomic E-state index is 0.0119. The molecule has 8 heteroatoms. The maximum atomic E-state index is 11.2. The molecule has 0 bridgehead atoms. The summed E-state index contributed by atoms with van der Waals surface area (Å²) >= 11 is 0.910. The SMILES string of the molecule is CC(=O)SCC(=O)[N-]c1c[n+](N(C)C)no1. The van der Waals surface area contributed by atoms with Gasteiger partial charge in [-0.3, -0.25) is 4.79 Å². The van der Waals surface area contributed by atoms with Gasteiger partial charge in [0.05, 0.1) is 24.8 Å². The molecule has 1 aromatic rings. The van der Waals surface area contributed by atoms with Crippen molar-refractivity contribution in [3.05, 3.63) is 11.5 Å². The second-order valence-corrected chi connectivity index (χ2v) is 4.25. The maximum Gasteiger partial charge on any atom is 0.257 e. The van der Waals surface area contributed by atoms with Gasteiger partial charge in [0, 0.05) is 12.7 Å². The second kappa shape index (κ2) is 5.50. The Hall–Kier alpha value is -1.57. The quantitative estimate of drug-likeness (QED) is 0.692. The van der Waals surface area contributed by atoms with E-state index in [1.807, 2.05) is 0 Å². The first-order valence-corrected chi connectivity index (χ1v) is 5.42. The molecule has 1 amide bonds. The predicted octanol–water partition coefficient (Wildman–Crippen LogP) is -0.0288. The Kier molecular flexibility index (Phi) is 4.29. The summed E-state index contributed by atoms with van der Waals surface area (Å²) in [5, 5.41) is 8.79. The molecule has 0 spiro atoms. The lowest BCUT2D eigenvalue weighted by Gasteiger charge is -2.10. The van der Waals surface area contributed by atoms with Gasteiger partial charge in [0.25, 0.3) is 6.20 Å². The first-order valence-electron chi connectivity index (χ1n) is 4.43. The van der Waals surface area contributed by atoms with E-state index in [2.05, 4.69) is 10.6 Å². The van der Waals surface area contributed by atoms with E-state index >= 15 is 0 Å². The van der Waals surface area contributed by atoms with Gasteiger partial charge in [0.2, 0.25) is 5.27 Å². The molecule has 0 aliphatic carbocycles. The van der Waals surface area contributed by atoms with Crippen molar-refractivity contribution in [3.63, 3.8) is 0 Å². The summed E-state index contributed by atoms with van der Waals surface area (Å²) in [5.41, 5.74) is 0. The Bertz CT molecular complexity index is 390. The molecule has 0 saturated heterocycles. The first-order chi connectivity index (χ1) is 7.49. The Morgan fingerprint density at radius 3 is 2.81 bits per heavy atom. The summed E-state index contributed by atoms with van der Waals surface area (Å²) in [4.78, 5) is 23.3. The van der Waals surface area contributed by atoms with Crippen molar-refractivity contribution in [1.29, 1.82) is 0 Å². The molecule has 16 heavy (non-hydrogen) atoms. The zero-order chi connectivity index (χ0) is 12.1. The zero-order valence-electron chi connectivity index (χ0n) is 9.21. The summed E-state index contributed by atoms with van der Waals surface area (Å²) in [7, 11) is 3.53. The highest BCUT2D eigenvalue weighted by Gasteiger charge is 2.08. The summed E-state index contributed by atoms with van der Waals surface area (Å²) in [6.07, 6.45) is 1.47. The fourth-order valence-electron chi connectivity index (χ4n) is 0.786. The normalized spacial score (nSPS) is 9.94. The Balaban J connectivity index is 2.46. The largest absolute Gasteiger partial charge is 0.588 e. The third-order valence-corrected chi connectivity index (χ3v) is 2.29. The molecule has 88 valence electrons. The third-order valence-electron chi connectivity index (χ3n) is 1.49. The standard InChI is InChI=1S/C8H12N4O3S/c1-6(13)16-5-7(14)9-8-4-12(10-15-8)11(2)3/h4H,5H2,1-3H3. The van der Waals surface area contributed by atoms with Crippen molar-refractivity contribution in [2.75, 3.05) is 24.9 Å². The van der Waals surface area contributed by atoms with Crippen LogP contribution in [0.4, 0.5) is 5.88 Å². The number of rotatable bonds is 4. The molecule has 0 N–H and O–H groups in total. The molecular formula is C8H12N4O3S. The van der Waals surface area contributed by atoms with Crippen LogP contribution in [0.2, 0.25) is 0 Å². The Morgan fingerprint density at radius 1 is 1.62 bits per heavy atom. The van der Waals surface area contributed by atoms with E-state index in [0.717, 1.165) is 11.8 Å². The van der Waals surface area contributed by atoms with Crippen molar-refractivity contribution in [2.45, 2.75) is 6.92 Å². The molecule has 0 unspecified atom stereocenters. The number of hydrogen-bond donors (Lipinski definition) is 0. The van der Waals surface area contributed by atoms with Crippen LogP contribution >= 0.6 is 11.8 Å². The highest BCUT2D eigenvalue weighted by molar-refractivity contribution is 8.14. The van der Waals surface area contributed by atoms with Crippen molar-refractivity contribution < 1.29 is 18.9 Å². The molecule has 0 aromatic carbocycles. The topological polar surface area (TPSA) is 81.4 Å². The number of amides is 1. The van der Waals surface area contributed by atoms with Gasteiger partial charge in [-0.25, -0.2) is 0 Å². The number of hydrogen-bond acceptors (Lipinski definition) is 6. The van der Waals surface area contributed by atoms with E-state index in [9.17, 15) is 9.59 Å². The molecule has 0 radical (unpaired) electrons. The van der Waals surface area contributed by atoms with Gasteiger partial charge in [-0.2, -0.15) is 5.01 Å². The summed E-state index contributed by atoms with van der Waals surface area (Å²) in [5.74, 6) is -0.303. The van der Waals surface area contributed by atoms with Crippen LogP contribution in [0.15, 0.2) is 10.7 Å². The van der Waals surface area contributed by atoms with Gasteiger partial charge in [-0.15, -0.1) is 0 Å². The van der Waals surface area contributed by atoms with Crippen molar-refractivity contribution in [3.8, 4) is 0 Å². The summed E-state index contributed by atoms with van der Waals surface area (Å²) < 4.78 is 4.79. The van der Waals surface area contributed by atoms with Crippen LogP contribution < -0.4 is 9.80 Å². The maximum absolute atomic E-state index is 11.2. The second-order valence-electron chi connectivity index (χ2n) is 3.09. The molecule has 0 aliphatic heterocycles. The zero-order valence-corrected chi connectivity index (χ0v) is 10.0. The van der Waals surface area contributed by atoms with Crippen LogP contribution in [-0.2, 0) is 9.59 Å². The number of aromatic nitrogens is 2. The molecule has 0 aliphatic rings. The summed E-state index contributed by atoms with van der Waals surface area (Å²) in [6.45, 7) is 1.40. The Labute approximate surface area is 96.7 Å². The average Bonchev–Trinajstić information content (AvgIpc) is 2.63. The molecule has 0 fully saturated rings. The predicted molar refractivity (Wildman–Crippen MR) is 57.9 cm³/mol. The number of nitrogens with zero attached hydrogens (tertiary/aromatic N) is 4. The highest BCUT2D eigenvalue weighted by Crippen LogP contribution is 2.16. The van der Waals surface area contributed by atoms with Gasteiger partial charge in [0.15, 0.2) is 5.12 Å². The van der Waals surface area contributed by atoms with E-state index in [1.165, 1.54) is 17.9 Å². The van der Waals surface area contributed by atoms with Crippen molar-refractivity contribution in [2.24, 2.45) is 0 Å². The lowest BCUT2D eigenvalue weighted by molar-refractivity contribution is -0.753. The van der Waals surface area contributed by atoms with Gasteiger partial charge >= 0.3 is 0 Å². The van der Waals surface area contributed by atoms with E-state index in [-0.39, 0.29) is 16.8 Å². The molecule has 7 nitrogen and oxygen atoms in total. The minimum atomic E-state index is -0.428. The van der Waals surface area contributed by atoms with Crippen LogP contribution in [-0.4, -0.2) is 36.1 Å². The molecule has 0 saturated carbocycles. The highest BCUT2D eigenvalue weighted by atomic mass is 32.2. The fourth-order valence-corrected chi connectivity index (χ4v) is 1.18. The van der Waals surface area contributed by atoms with Crippen molar-refractivity contribution in [1.82, 2.24) is 5.27 Å². The van der Waals surface area contributed by atoms with Crippen LogP contribution in [0.25, 0.3) is 5.32 Å². The van der Waals surface area contributed by atoms with Gasteiger partial charge in [-0.1, -0.05) is 11.8 Å². The molecule has 1 aromatic heterocycles. The average molecular weight is 244 g/mol. The molecule has 0 atom stereocenters. The van der Waals surface area contributed by atoms with E-state index in [1.54, 1.807) is 19.1 Å². The van der Waals surface area contributed by atoms with E-state index in [4.69, 9.17) is 4.52 Å². The van der Waals surface area contributed by atoms with E-state index < -0.39 is 5.91 Å². The monoisotopic (exact) mass is 244 g/mol. The third kappa shape index (κ3) is 3.89. The lowest BCUT2D eigenvalue weighted by atomic mass is 10.6. The summed E-state index contributed by atoms with van der Waals surface area (Å²) in [6, 6.07) is 0. The van der Waals surface area contributed by atoms with E-state index in [0.29, 0.717) is 0 Å². The number of carbonyl (C=O) groups excluding carboxylic acids is 2. The van der Waals surface area contributed by atoms with Crippen LogP contribution in [0, 0.1) is 0 Å². The van der Waals surface area contributed by atoms with Gasteiger partial charge < -0.3 is 14.6 Å². The van der Waals surface area contributed by atoms with Gasteiger partial charge in [-0.05, 0) is 0 Å². The molecule has 1 rings (SSSR count). The number of carbonyl (C=O) groups is 2. The van der Waals surface area contributed by atoms with Gasteiger partial charge in [0.1, 0.15) is 5.88 Å². The smallest absolute Gasteiger partial charge is 0.257 e. The Morgan fingerprint density at radius 2 is 2.31 bits per heavy atom. The van der Waals surface area contributed by atoms with Crippen LogP contribution in [0.1, 0.15) is 6.92 Å². The molecular weight excluding hydrogens is 232 g/mol. The molecule has 1 heterocycles. The van der Waals surface area contributed by atoms with Crippen LogP contribution in [0.5, 0.6) is 0 Å².